The number of carbonyl (C=O) groups is 1. The highest BCUT2D eigenvalue weighted by Crippen LogP contribution is 2.36. The summed E-state index contributed by atoms with van der Waals surface area (Å²) in [5.74, 6) is -2.28. The molecule has 18 heavy (non-hydrogen) atoms. The van der Waals surface area contributed by atoms with Crippen molar-refractivity contribution in [1.82, 2.24) is 5.43 Å². The van der Waals surface area contributed by atoms with Gasteiger partial charge in [0.15, 0.2) is 17.5 Å². The van der Waals surface area contributed by atoms with E-state index in [1.807, 2.05) is 0 Å². The van der Waals surface area contributed by atoms with E-state index in [4.69, 9.17) is 10.2 Å². The van der Waals surface area contributed by atoms with Crippen LogP contribution in [-0.2, 0) is 4.79 Å². The molecule has 8 nitrogen and oxygen atoms in total. The Morgan fingerprint density at radius 3 is 2.67 bits per heavy atom. The van der Waals surface area contributed by atoms with Gasteiger partial charge in [0, 0.05) is 5.56 Å². The number of benzene rings is 1. The molecule has 0 fully saturated rings. The summed E-state index contributed by atoms with van der Waals surface area (Å²) in [6, 6.07) is 1.62. The zero-order valence-corrected chi connectivity index (χ0v) is 9.37. The fraction of sp³-hybridized carbons (Fsp3) is 0.200. The Morgan fingerprint density at radius 1 is 1.39 bits per heavy atom. The van der Waals surface area contributed by atoms with Gasteiger partial charge in [-0.2, -0.15) is 5.10 Å². The summed E-state index contributed by atoms with van der Waals surface area (Å²) in [5.41, 5.74) is 5.57. The van der Waals surface area contributed by atoms with Crippen molar-refractivity contribution in [3.05, 3.63) is 17.7 Å². The molecule has 0 aliphatic heterocycles. The highest BCUT2D eigenvalue weighted by molar-refractivity contribution is 5.87. The Labute approximate surface area is 102 Å². The number of nitrogens with one attached hydrogen (secondary N) is 1. The second-order valence-electron chi connectivity index (χ2n) is 3.48. The van der Waals surface area contributed by atoms with Crippen molar-refractivity contribution < 1.29 is 31.0 Å². The first-order valence-corrected chi connectivity index (χ1v) is 4.98. The summed E-state index contributed by atoms with van der Waals surface area (Å²) in [6.45, 7) is -0.410. The molecular weight excluding hydrogens is 242 g/mol. The van der Waals surface area contributed by atoms with Crippen LogP contribution in [0.4, 0.5) is 0 Å². The maximum atomic E-state index is 11.2. The molecule has 0 spiro atoms. The normalized spacial score (nSPS) is 12.6. The fourth-order valence-corrected chi connectivity index (χ4v) is 1.03. The minimum absolute atomic E-state index is 0.107. The number of amides is 1. The molecule has 0 saturated carbocycles. The lowest BCUT2D eigenvalue weighted by atomic mass is 10.2. The van der Waals surface area contributed by atoms with Crippen LogP contribution in [-0.4, -0.2) is 45.2 Å². The average Bonchev–Trinajstić information content (AvgIpc) is 2.37. The van der Waals surface area contributed by atoms with Gasteiger partial charge in [-0.3, -0.25) is 4.79 Å². The zero-order chi connectivity index (χ0) is 13.7. The third-order valence-corrected chi connectivity index (χ3v) is 2.13. The SMILES string of the molecule is [NH3+][C@H](CO)C(=O)N/N=C/c1ccc(O)c(O)c1O. The highest BCUT2D eigenvalue weighted by atomic mass is 16.3. The van der Waals surface area contributed by atoms with Crippen LogP contribution in [0.2, 0.25) is 0 Å². The quantitative estimate of drug-likeness (QED) is 0.206. The van der Waals surface area contributed by atoms with Crippen LogP contribution in [0.25, 0.3) is 0 Å². The largest absolute Gasteiger partial charge is 0.504 e. The summed E-state index contributed by atoms with van der Waals surface area (Å²) in [5, 5.41) is 39.9. The third-order valence-electron chi connectivity index (χ3n) is 2.13. The van der Waals surface area contributed by atoms with Crippen LogP contribution in [0.3, 0.4) is 0 Å². The van der Waals surface area contributed by atoms with E-state index in [2.05, 4.69) is 16.3 Å². The first-order valence-electron chi connectivity index (χ1n) is 4.98. The maximum absolute atomic E-state index is 11.2. The Morgan fingerprint density at radius 2 is 2.06 bits per heavy atom. The number of aliphatic hydroxyl groups excluding tert-OH is 1. The number of nitrogens with zero attached hydrogens (tertiary/aromatic N) is 1. The zero-order valence-electron chi connectivity index (χ0n) is 9.37. The summed E-state index contributed by atoms with van der Waals surface area (Å²) >= 11 is 0. The van der Waals surface area contributed by atoms with E-state index in [1.165, 1.54) is 6.07 Å². The average molecular weight is 256 g/mol. The second-order valence-corrected chi connectivity index (χ2v) is 3.48. The van der Waals surface area contributed by atoms with Crippen molar-refractivity contribution in [2.24, 2.45) is 5.10 Å². The van der Waals surface area contributed by atoms with E-state index in [0.29, 0.717) is 0 Å². The third kappa shape index (κ3) is 3.09. The maximum Gasteiger partial charge on any atom is 0.300 e. The minimum Gasteiger partial charge on any atom is -0.504 e. The Balaban J connectivity index is 2.74. The molecule has 98 valence electrons. The second kappa shape index (κ2) is 5.84. The number of rotatable bonds is 4. The predicted molar refractivity (Wildman–Crippen MR) is 60.9 cm³/mol. The van der Waals surface area contributed by atoms with E-state index in [1.54, 1.807) is 0 Å². The van der Waals surface area contributed by atoms with Crippen LogP contribution in [0.5, 0.6) is 17.2 Å². The number of aliphatic hydroxyl groups is 1. The molecule has 0 aliphatic rings. The molecule has 0 heterocycles. The van der Waals surface area contributed by atoms with Gasteiger partial charge in [0.2, 0.25) is 5.75 Å². The standard InChI is InChI=1S/C10H13N3O5/c11-6(4-14)10(18)13-12-3-5-1-2-7(15)9(17)8(5)16/h1-3,6,14-17H,4,11H2,(H,13,18)/p+1/b12-3+/t6-/m1/s1. The first kappa shape index (κ1) is 13.7. The highest BCUT2D eigenvalue weighted by Gasteiger charge is 2.14. The number of carbonyl (C=O) groups excluding carboxylic acids is 1. The molecule has 0 aromatic heterocycles. The molecule has 0 saturated heterocycles. The summed E-state index contributed by atoms with van der Waals surface area (Å²) in [6.07, 6.45) is 1.08. The van der Waals surface area contributed by atoms with Gasteiger partial charge < -0.3 is 26.2 Å². The van der Waals surface area contributed by atoms with E-state index >= 15 is 0 Å². The van der Waals surface area contributed by atoms with Gasteiger partial charge in [-0.05, 0) is 12.1 Å². The van der Waals surface area contributed by atoms with Gasteiger partial charge in [0.05, 0.1) is 6.21 Å². The number of phenolic OH excluding ortho intramolecular Hbond substituents is 3. The Bertz CT molecular complexity index is 475. The van der Waals surface area contributed by atoms with Crippen molar-refractivity contribution in [3.63, 3.8) is 0 Å². The van der Waals surface area contributed by atoms with Crippen molar-refractivity contribution in [3.8, 4) is 17.2 Å². The van der Waals surface area contributed by atoms with Gasteiger partial charge in [-0.25, -0.2) is 5.43 Å². The fourth-order valence-electron chi connectivity index (χ4n) is 1.03. The van der Waals surface area contributed by atoms with Gasteiger partial charge in [-0.15, -0.1) is 0 Å². The summed E-state index contributed by atoms with van der Waals surface area (Å²) < 4.78 is 0. The van der Waals surface area contributed by atoms with E-state index in [9.17, 15) is 15.0 Å². The Hall–Kier alpha value is -2.32. The van der Waals surface area contributed by atoms with Crippen LogP contribution < -0.4 is 11.2 Å². The smallest absolute Gasteiger partial charge is 0.300 e. The number of aromatic hydroxyl groups is 3. The molecule has 1 rings (SSSR count). The first-order chi connectivity index (χ1) is 8.47. The summed E-state index contributed by atoms with van der Waals surface area (Å²) in [7, 11) is 0. The van der Waals surface area contributed by atoms with Crippen LogP contribution in [0, 0.1) is 0 Å². The number of hydrazone groups is 1. The molecule has 8 N–H and O–H groups in total. The van der Waals surface area contributed by atoms with Gasteiger partial charge >= 0.3 is 5.91 Å². The van der Waals surface area contributed by atoms with Crippen molar-refractivity contribution in [2.75, 3.05) is 6.61 Å². The van der Waals surface area contributed by atoms with Gasteiger partial charge in [0.25, 0.3) is 0 Å². The lowest BCUT2D eigenvalue weighted by Crippen LogP contribution is -2.68. The van der Waals surface area contributed by atoms with Crippen molar-refractivity contribution in [1.29, 1.82) is 0 Å². The molecule has 1 aromatic carbocycles. The van der Waals surface area contributed by atoms with Gasteiger partial charge in [0.1, 0.15) is 6.61 Å². The van der Waals surface area contributed by atoms with Crippen LogP contribution in [0.15, 0.2) is 17.2 Å². The molecule has 0 bridgehead atoms. The van der Waals surface area contributed by atoms with Crippen LogP contribution in [0.1, 0.15) is 5.56 Å². The molecule has 0 aliphatic carbocycles. The number of hydrogen-bond donors (Lipinski definition) is 6. The van der Waals surface area contributed by atoms with Crippen LogP contribution >= 0.6 is 0 Å². The lowest BCUT2D eigenvalue weighted by Gasteiger charge is -2.04. The molecule has 1 aromatic rings. The predicted octanol–water partition coefficient (Wildman–Crippen LogP) is -2.14. The van der Waals surface area contributed by atoms with Gasteiger partial charge in [-0.1, -0.05) is 0 Å². The minimum atomic E-state index is -0.844. The Kier molecular flexibility index (Phi) is 4.46. The van der Waals surface area contributed by atoms with E-state index in [0.717, 1.165) is 12.3 Å². The number of quaternary nitrogens is 1. The molecule has 0 radical (unpaired) electrons. The molecular formula is C10H14N3O5+. The monoisotopic (exact) mass is 256 g/mol. The van der Waals surface area contributed by atoms with Crippen molar-refractivity contribution >= 4 is 12.1 Å². The molecule has 1 amide bonds. The van der Waals surface area contributed by atoms with E-state index < -0.39 is 35.8 Å². The molecule has 0 unspecified atom stereocenters. The van der Waals surface area contributed by atoms with Crippen molar-refractivity contribution in [2.45, 2.75) is 6.04 Å². The molecule has 1 atom stereocenters. The number of hydrogen-bond acceptors (Lipinski definition) is 6. The summed E-state index contributed by atoms with van der Waals surface area (Å²) in [4.78, 5) is 11.2. The number of phenols is 3. The molecule has 8 heteroatoms. The van der Waals surface area contributed by atoms with E-state index in [-0.39, 0.29) is 5.56 Å². The topological polar surface area (TPSA) is 150 Å². The lowest BCUT2D eigenvalue weighted by molar-refractivity contribution is -0.409.